The van der Waals surface area contributed by atoms with Gasteiger partial charge in [-0.3, -0.25) is 4.79 Å². The quantitative estimate of drug-likeness (QED) is 0.830. The molecule has 6 heteroatoms. The Kier molecular flexibility index (Phi) is 4.93. The van der Waals surface area contributed by atoms with Gasteiger partial charge in [0.05, 0.1) is 13.2 Å². The summed E-state index contributed by atoms with van der Waals surface area (Å²) >= 11 is 1.35. The number of nitrogens with one attached hydrogen (secondary N) is 1. The van der Waals surface area contributed by atoms with Crippen LogP contribution in [0.1, 0.15) is 27.5 Å². The molecule has 0 saturated heterocycles. The summed E-state index contributed by atoms with van der Waals surface area (Å²) < 4.78 is 1.86. The largest absolute Gasteiger partial charge is 0.395 e. The highest BCUT2D eigenvalue weighted by Gasteiger charge is 2.12. The highest BCUT2D eigenvalue weighted by Crippen LogP contribution is 2.15. The number of thiophene rings is 1. The fourth-order valence-electron chi connectivity index (χ4n) is 1.60. The molecule has 0 aliphatic rings. The van der Waals surface area contributed by atoms with Crippen molar-refractivity contribution >= 4 is 17.2 Å². The van der Waals surface area contributed by atoms with Crippen LogP contribution in [0.2, 0.25) is 0 Å². The first-order valence-electron chi connectivity index (χ1n) is 6.14. The molecule has 1 amide bonds. The summed E-state index contributed by atoms with van der Waals surface area (Å²) in [6.45, 7) is 0.404. The molecule has 20 heavy (non-hydrogen) atoms. The zero-order chi connectivity index (χ0) is 14.4. The predicted molar refractivity (Wildman–Crippen MR) is 77.3 cm³/mol. The zero-order valence-corrected chi connectivity index (χ0v) is 11.9. The van der Waals surface area contributed by atoms with Gasteiger partial charge in [0.1, 0.15) is 10.7 Å². The van der Waals surface area contributed by atoms with E-state index >= 15 is 0 Å². The third-order valence-electron chi connectivity index (χ3n) is 2.66. The normalized spacial score (nSPS) is 9.90. The van der Waals surface area contributed by atoms with Crippen molar-refractivity contribution in [1.29, 1.82) is 0 Å². The van der Waals surface area contributed by atoms with Crippen molar-refractivity contribution in [2.75, 3.05) is 6.61 Å². The van der Waals surface area contributed by atoms with Gasteiger partial charge in [0, 0.05) is 31.4 Å². The standard InChI is InChI=1S/C14H15N3O2S/c1-17-7-6-15-12(17)10-16-14(19)13-11(5-9-20-13)4-2-3-8-18/h5-7,9,18H,3,8,10H2,1H3,(H,16,19). The Balaban J connectivity index is 2.01. The SMILES string of the molecule is Cn1ccnc1CNC(=O)c1sccc1C#CCCO. The van der Waals surface area contributed by atoms with Gasteiger partial charge in [-0.1, -0.05) is 11.8 Å². The number of aryl methyl sites for hydroxylation is 1. The molecule has 2 N–H and O–H groups in total. The van der Waals surface area contributed by atoms with Gasteiger partial charge in [-0.25, -0.2) is 4.98 Å². The van der Waals surface area contributed by atoms with E-state index in [4.69, 9.17) is 5.11 Å². The number of hydrogen-bond acceptors (Lipinski definition) is 4. The van der Waals surface area contributed by atoms with Crippen molar-refractivity contribution in [3.05, 3.63) is 40.1 Å². The van der Waals surface area contributed by atoms with E-state index in [0.29, 0.717) is 23.4 Å². The Morgan fingerprint density at radius 2 is 2.45 bits per heavy atom. The Morgan fingerprint density at radius 3 is 3.15 bits per heavy atom. The van der Waals surface area contributed by atoms with E-state index < -0.39 is 0 Å². The van der Waals surface area contributed by atoms with Crippen LogP contribution in [0.3, 0.4) is 0 Å². The maximum absolute atomic E-state index is 12.1. The molecular weight excluding hydrogens is 274 g/mol. The average Bonchev–Trinajstić information content (AvgIpc) is 3.05. The third kappa shape index (κ3) is 3.47. The number of aliphatic hydroxyl groups excluding tert-OH is 1. The molecule has 0 aliphatic carbocycles. The van der Waals surface area contributed by atoms with Gasteiger partial charge in [-0.2, -0.15) is 0 Å². The van der Waals surface area contributed by atoms with Gasteiger partial charge >= 0.3 is 0 Å². The lowest BCUT2D eigenvalue weighted by Crippen LogP contribution is -2.24. The number of amides is 1. The average molecular weight is 289 g/mol. The van der Waals surface area contributed by atoms with Gasteiger partial charge < -0.3 is 15.0 Å². The first-order chi connectivity index (χ1) is 9.72. The van der Waals surface area contributed by atoms with Gasteiger partial charge in [0.15, 0.2) is 0 Å². The minimum Gasteiger partial charge on any atom is -0.395 e. The van der Waals surface area contributed by atoms with Crippen LogP contribution in [0.4, 0.5) is 0 Å². The monoisotopic (exact) mass is 289 g/mol. The van der Waals surface area contributed by atoms with E-state index in [9.17, 15) is 4.79 Å². The maximum Gasteiger partial charge on any atom is 0.263 e. The molecule has 2 rings (SSSR count). The van der Waals surface area contributed by atoms with E-state index in [1.54, 1.807) is 6.20 Å². The Hall–Kier alpha value is -2.10. The minimum absolute atomic E-state index is 0.0256. The topological polar surface area (TPSA) is 67.2 Å². The second-order valence-corrected chi connectivity index (χ2v) is 4.99. The molecule has 5 nitrogen and oxygen atoms in total. The zero-order valence-electron chi connectivity index (χ0n) is 11.1. The lowest BCUT2D eigenvalue weighted by molar-refractivity contribution is 0.0953. The van der Waals surface area contributed by atoms with Crippen molar-refractivity contribution in [1.82, 2.24) is 14.9 Å². The number of aliphatic hydroxyl groups is 1. The molecule has 104 valence electrons. The summed E-state index contributed by atoms with van der Waals surface area (Å²) in [6, 6.07) is 1.81. The molecule has 2 heterocycles. The maximum atomic E-state index is 12.1. The van der Waals surface area contributed by atoms with Gasteiger partial charge in [-0.05, 0) is 11.4 Å². The van der Waals surface area contributed by atoms with Crippen LogP contribution in [0.15, 0.2) is 23.8 Å². The van der Waals surface area contributed by atoms with E-state index in [1.807, 2.05) is 29.3 Å². The van der Waals surface area contributed by atoms with E-state index in [2.05, 4.69) is 22.1 Å². The van der Waals surface area contributed by atoms with Crippen LogP contribution in [0.5, 0.6) is 0 Å². The van der Waals surface area contributed by atoms with Crippen LogP contribution < -0.4 is 5.32 Å². The Labute approximate surface area is 121 Å². The highest BCUT2D eigenvalue weighted by molar-refractivity contribution is 7.12. The number of carbonyl (C=O) groups is 1. The molecule has 0 atom stereocenters. The van der Waals surface area contributed by atoms with Crippen molar-refractivity contribution in [2.45, 2.75) is 13.0 Å². The molecule has 0 bridgehead atoms. The van der Waals surface area contributed by atoms with Crippen LogP contribution in [0, 0.1) is 11.8 Å². The summed E-state index contributed by atoms with van der Waals surface area (Å²) in [5, 5.41) is 13.4. The number of aromatic nitrogens is 2. The highest BCUT2D eigenvalue weighted by atomic mass is 32.1. The first kappa shape index (κ1) is 14.3. The Bertz CT molecular complexity index is 649. The number of nitrogens with zero attached hydrogens (tertiary/aromatic N) is 2. The molecule has 0 aromatic carbocycles. The van der Waals surface area contributed by atoms with Gasteiger partial charge in [0.25, 0.3) is 5.91 Å². The lowest BCUT2D eigenvalue weighted by Gasteiger charge is -2.04. The third-order valence-corrected chi connectivity index (χ3v) is 3.57. The molecule has 0 radical (unpaired) electrons. The molecule has 0 aliphatic heterocycles. The minimum atomic E-state index is -0.156. The number of carbonyl (C=O) groups excluding carboxylic acids is 1. The molecular formula is C14H15N3O2S. The molecule has 2 aromatic rings. The Morgan fingerprint density at radius 1 is 1.60 bits per heavy atom. The fraction of sp³-hybridized carbons (Fsp3) is 0.286. The summed E-state index contributed by atoms with van der Waals surface area (Å²) in [5.74, 6) is 6.36. The summed E-state index contributed by atoms with van der Waals surface area (Å²) in [7, 11) is 1.88. The molecule has 2 aromatic heterocycles. The van der Waals surface area contributed by atoms with Gasteiger partial charge in [-0.15, -0.1) is 11.3 Å². The second kappa shape index (κ2) is 6.89. The van der Waals surface area contributed by atoms with Crippen molar-refractivity contribution in [2.24, 2.45) is 7.05 Å². The molecule has 0 unspecified atom stereocenters. The summed E-state index contributed by atoms with van der Waals surface area (Å²) in [5.41, 5.74) is 0.695. The molecule has 0 spiro atoms. The van der Waals surface area contributed by atoms with Crippen LogP contribution in [-0.4, -0.2) is 27.2 Å². The smallest absolute Gasteiger partial charge is 0.263 e. The van der Waals surface area contributed by atoms with Crippen LogP contribution >= 0.6 is 11.3 Å². The van der Waals surface area contributed by atoms with Crippen molar-refractivity contribution < 1.29 is 9.90 Å². The summed E-state index contributed by atoms with van der Waals surface area (Å²) in [6.07, 6.45) is 3.93. The number of imidazole rings is 1. The van der Waals surface area contributed by atoms with Gasteiger partial charge in [0.2, 0.25) is 0 Å². The summed E-state index contributed by atoms with van der Waals surface area (Å²) in [4.78, 5) is 16.8. The number of hydrogen-bond donors (Lipinski definition) is 2. The van der Waals surface area contributed by atoms with Crippen LogP contribution in [-0.2, 0) is 13.6 Å². The fourth-order valence-corrected chi connectivity index (χ4v) is 2.37. The first-order valence-corrected chi connectivity index (χ1v) is 7.02. The van der Waals surface area contributed by atoms with Crippen LogP contribution in [0.25, 0.3) is 0 Å². The lowest BCUT2D eigenvalue weighted by atomic mass is 10.2. The van der Waals surface area contributed by atoms with E-state index in [0.717, 1.165) is 5.82 Å². The van der Waals surface area contributed by atoms with Crippen molar-refractivity contribution in [3.63, 3.8) is 0 Å². The molecule has 0 fully saturated rings. The van der Waals surface area contributed by atoms with E-state index in [-0.39, 0.29) is 12.5 Å². The predicted octanol–water partition coefficient (Wildman–Crippen LogP) is 1.15. The number of rotatable bonds is 4. The van der Waals surface area contributed by atoms with Crippen molar-refractivity contribution in [3.8, 4) is 11.8 Å². The van der Waals surface area contributed by atoms with E-state index in [1.165, 1.54) is 11.3 Å². The molecule has 0 saturated carbocycles. The second-order valence-electron chi connectivity index (χ2n) is 4.08.